The van der Waals surface area contributed by atoms with Gasteiger partial charge in [0.15, 0.2) is 0 Å². The van der Waals surface area contributed by atoms with Gasteiger partial charge in [0.05, 0.1) is 0 Å². The Morgan fingerprint density at radius 1 is 1.47 bits per heavy atom. The summed E-state index contributed by atoms with van der Waals surface area (Å²) in [6, 6.07) is 7.98. The molecule has 2 N–H and O–H groups in total. The van der Waals surface area contributed by atoms with Crippen LogP contribution in [0, 0.1) is 12.8 Å². The largest absolute Gasteiger partial charge is 0.334 e. The molecule has 2 rings (SSSR count). The first-order chi connectivity index (χ1) is 8.61. The number of nitrogens with two attached hydrogens (primary N) is 1. The SMILES string of the molecule is Cc1cccc(C(=O)N2CCC(C)CC2CN)c1.Cl. The van der Waals surface area contributed by atoms with Crippen molar-refractivity contribution in [2.24, 2.45) is 11.7 Å². The molecule has 2 unspecified atom stereocenters. The van der Waals surface area contributed by atoms with Gasteiger partial charge in [-0.2, -0.15) is 0 Å². The Bertz CT molecular complexity index is 436. The lowest BCUT2D eigenvalue weighted by molar-refractivity contribution is 0.0573. The van der Waals surface area contributed by atoms with Crippen LogP contribution in [0.2, 0.25) is 0 Å². The molecule has 0 spiro atoms. The quantitative estimate of drug-likeness (QED) is 0.906. The van der Waals surface area contributed by atoms with E-state index in [1.54, 1.807) is 0 Å². The third-order valence-corrected chi connectivity index (χ3v) is 3.78. The van der Waals surface area contributed by atoms with E-state index in [1.807, 2.05) is 36.1 Å². The molecule has 0 aliphatic carbocycles. The van der Waals surface area contributed by atoms with Crippen molar-refractivity contribution >= 4 is 18.3 Å². The Morgan fingerprint density at radius 2 is 2.21 bits per heavy atom. The fourth-order valence-electron chi connectivity index (χ4n) is 2.69. The van der Waals surface area contributed by atoms with Crippen LogP contribution in [0.1, 0.15) is 35.7 Å². The van der Waals surface area contributed by atoms with Crippen LogP contribution >= 0.6 is 12.4 Å². The molecule has 1 aliphatic rings. The second-order valence-corrected chi connectivity index (χ2v) is 5.39. The molecule has 0 bridgehead atoms. The van der Waals surface area contributed by atoms with Crippen LogP contribution in [0.5, 0.6) is 0 Å². The van der Waals surface area contributed by atoms with Gasteiger partial charge in [-0.3, -0.25) is 4.79 Å². The zero-order valence-corrected chi connectivity index (χ0v) is 12.5. The number of hydrogen-bond donors (Lipinski definition) is 1. The summed E-state index contributed by atoms with van der Waals surface area (Å²) >= 11 is 0. The predicted octanol–water partition coefficient (Wildman–Crippen LogP) is 2.62. The molecule has 0 radical (unpaired) electrons. The van der Waals surface area contributed by atoms with E-state index in [-0.39, 0.29) is 24.4 Å². The Labute approximate surface area is 121 Å². The van der Waals surface area contributed by atoms with Gasteiger partial charge >= 0.3 is 0 Å². The molecular weight excluding hydrogens is 260 g/mol. The molecule has 1 heterocycles. The molecule has 1 aromatic carbocycles. The highest BCUT2D eigenvalue weighted by Gasteiger charge is 2.29. The summed E-state index contributed by atoms with van der Waals surface area (Å²) in [6.45, 7) is 5.63. The van der Waals surface area contributed by atoms with Crippen molar-refractivity contribution in [2.45, 2.75) is 32.7 Å². The average molecular weight is 283 g/mol. The van der Waals surface area contributed by atoms with E-state index in [4.69, 9.17) is 5.73 Å². The van der Waals surface area contributed by atoms with Gasteiger partial charge in [0.1, 0.15) is 0 Å². The van der Waals surface area contributed by atoms with Gasteiger partial charge in [0.2, 0.25) is 0 Å². The van der Waals surface area contributed by atoms with Crippen LogP contribution in [0.25, 0.3) is 0 Å². The van der Waals surface area contributed by atoms with E-state index >= 15 is 0 Å². The van der Waals surface area contributed by atoms with Crippen molar-refractivity contribution in [1.82, 2.24) is 4.90 Å². The smallest absolute Gasteiger partial charge is 0.254 e. The number of likely N-dealkylation sites (tertiary alicyclic amines) is 1. The second-order valence-electron chi connectivity index (χ2n) is 5.39. The molecular formula is C15H23ClN2O. The summed E-state index contributed by atoms with van der Waals surface area (Å²) in [5, 5.41) is 0. The van der Waals surface area contributed by atoms with Crippen LogP contribution in [0.15, 0.2) is 24.3 Å². The van der Waals surface area contributed by atoms with E-state index in [9.17, 15) is 4.79 Å². The van der Waals surface area contributed by atoms with Crippen molar-refractivity contribution < 1.29 is 4.79 Å². The molecule has 2 atom stereocenters. The maximum absolute atomic E-state index is 12.5. The highest BCUT2D eigenvalue weighted by molar-refractivity contribution is 5.94. The minimum absolute atomic E-state index is 0. The summed E-state index contributed by atoms with van der Waals surface area (Å²) in [4.78, 5) is 14.5. The van der Waals surface area contributed by atoms with Crippen molar-refractivity contribution in [3.05, 3.63) is 35.4 Å². The first kappa shape index (κ1) is 16.0. The number of nitrogens with zero attached hydrogens (tertiary/aromatic N) is 1. The topological polar surface area (TPSA) is 46.3 Å². The molecule has 1 aromatic rings. The number of carbonyl (C=O) groups is 1. The Balaban J connectivity index is 0.00000180. The van der Waals surface area contributed by atoms with Gasteiger partial charge < -0.3 is 10.6 Å². The van der Waals surface area contributed by atoms with Crippen LogP contribution in [-0.2, 0) is 0 Å². The molecule has 1 amide bonds. The van der Waals surface area contributed by atoms with Crippen LogP contribution in [0.3, 0.4) is 0 Å². The summed E-state index contributed by atoms with van der Waals surface area (Å²) < 4.78 is 0. The standard InChI is InChI=1S/C15H22N2O.ClH/c1-11-4-3-5-13(8-11)15(18)17-7-6-12(2)9-14(17)10-16;/h3-5,8,12,14H,6-7,9-10,16H2,1-2H3;1H. The van der Waals surface area contributed by atoms with Crippen molar-refractivity contribution in [3.8, 4) is 0 Å². The van der Waals surface area contributed by atoms with E-state index in [1.165, 1.54) is 0 Å². The molecule has 1 fully saturated rings. The van der Waals surface area contributed by atoms with E-state index in [0.717, 1.165) is 30.5 Å². The van der Waals surface area contributed by atoms with Crippen LogP contribution in [-0.4, -0.2) is 29.9 Å². The minimum Gasteiger partial charge on any atom is -0.334 e. The minimum atomic E-state index is 0. The van der Waals surface area contributed by atoms with Crippen LogP contribution < -0.4 is 5.73 Å². The number of halogens is 1. The van der Waals surface area contributed by atoms with E-state index in [0.29, 0.717) is 12.5 Å². The highest BCUT2D eigenvalue weighted by atomic mass is 35.5. The zero-order chi connectivity index (χ0) is 13.1. The highest BCUT2D eigenvalue weighted by Crippen LogP contribution is 2.23. The number of piperidine rings is 1. The first-order valence-corrected chi connectivity index (χ1v) is 6.69. The number of amides is 1. The monoisotopic (exact) mass is 282 g/mol. The Hall–Kier alpha value is -1.06. The number of hydrogen-bond acceptors (Lipinski definition) is 2. The lowest BCUT2D eigenvalue weighted by Gasteiger charge is -2.38. The first-order valence-electron chi connectivity index (χ1n) is 6.69. The summed E-state index contributed by atoms with van der Waals surface area (Å²) in [6.07, 6.45) is 2.10. The maximum atomic E-state index is 12.5. The Kier molecular flexibility index (Phi) is 5.83. The summed E-state index contributed by atoms with van der Waals surface area (Å²) in [5.41, 5.74) is 7.71. The van der Waals surface area contributed by atoms with Gasteiger partial charge in [-0.15, -0.1) is 12.4 Å². The molecule has 1 saturated heterocycles. The van der Waals surface area contributed by atoms with Gasteiger partial charge in [-0.05, 0) is 37.8 Å². The van der Waals surface area contributed by atoms with E-state index in [2.05, 4.69) is 6.92 Å². The third kappa shape index (κ3) is 3.71. The van der Waals surface area contributed by atoms with Gasteiger partial charge in [-0.25, -0.2) is 0 Å². The maximum Gasteiger partial charge on any atom is 0.254 e. The molecule has 0 aromatic heterocycles. The number of rotatable bonds is 2. The molecule has 3 nitrogen and oxygen atoms in total. The molecule has 1 aliphatic heterocycles. The predicted molar refractivity (Wildman–Crippen MR) is 80.7 cm³/mol. The van der Waals surface area contributed by atoms with Crippen molar-refractivity contribution in [3.63, 3.8) is 0 Å². The van der Waals surface area contributed by atoms with Gasteiger partial charge in [0, 0.05) is 24.7 Å². The fraction of sp³-hybridized carbons (Fsp3) is 0.533. The fourth-order valence-corrected chi connectivity index (χ4v) is 2.69. The van der Waals surface area contributed by atoms with Crippen molar-refractivity contribution in [1.29, 1.82) is 0 Å². The second kappa shape index (κ2) is 6.92. The van der Waals surface area contributed by atoms with E-state index < -0.39 is 0 Å². The summed E-state index contributed by atoms with van der Waals surface area (Å²) in [7, 11) is 0. The lowest BCUT2D eigenvalue weighted by Crippen LogP contribution is -2.49. The Morgan fingerprint density at radius 3 is 2.84 bits per heavy atom. The zero-order valence-electron chi connectivity index (χ0n) is 11.6. The third-order valence-electron chi connectivity index (χ3n) is 3.78. The van der Waals surface area contributed by atoms with Gasteiger partial charge in [-0.1, -0.05) is 24.6 Å². The molecule has 106 valence electrons. The number of benzene rings is 1. The number of carbonyl (C=O) groups excluding carboxylic acids is 1. The average Bonchev–Trinajstić information content (AvgIpc) is 2.37. The molecule has 4 heteroatoms. The molecule has 0 saturated carbocycles. The summed E-state index contributed by atoms with van der Waals surface area (Å²) in [5.74, 6) is 0.793. The molecule has 19 heavy (non-hydrogen) atoms. The number of aryl methyl sites for hydroxylation is 1. The normalized spacial score (nSPS) is 22.8. The van der Waals surface area contributed by atoms with Gasteiger partial charge in [0.25, 0.3) is 5.91 Å². The lowest BCUT2D eigenvalue weighted by atomic mass is 9.92. The van der Waals surface area contributed by atoms with Crippen LogP contribution in [0.4, 0.5) is 0 Å². The van der Waals surface area contributed by atoms with Crippen molar-refractivity contribution in [2.75, 3.05) is 13.1 Å².